The van der Waals surface area contributed by atoms with Crippen LogP contribution in [0.4, 0.5) is 92.6 Å². The standard InChI is InChI=1S/C21H34ClF3O8.C17H30ClF3O5Si.C14H22ClF3O5.C6H11BrO2.C4H12Si.C3H2F6O.2C2H3ClO.C2H2F4.C2H6.CClFO.8CH4/c1-6-18(2,15(27)33-14-21(23,24)25)7-8-19(3,16(28)31-10-9-26)13-20(4,22)17(29)32-12-11-30-5;1-7-15(2,13(22)25-12-17(19,20)21)8-9-16(3,18)14(23)24-10-11-26-27(4,5)6;1-4-12(2,10(20)23-9-14(16,17)18)5-6-13(3,15)11(21)22-8-7-19;1-4-9-5(8)6(2,3)7;1-5(2,3)4;4-2(5,6)1-10-3(7,8)9;2*1-2(3)4;3-1-2(4,5)6;1-2;2-1(3)4;;;;;;;;/h26H,6-14H2,1-5H3;7-12H2,1-6H3;19H,4-9H2,1-3H3;4H2,1-3H3;1-4H3;1H2;2*1H3;1H2;1-2H3;;8*1H4. The van der Waals surface area contributed by atoms with Crippen molar-refractivity contribution in [2.45, 2.75) is 343 Å². The SMILES string of the molecule is C.C.C.C.C.C.C.C.CC.CC(=O)Cl.CC(=O)Cl.CCC(C)(CCC(C)(CC(C)(Cl)C(=O)OCCOC)C(=O)OCCO)C(=O)OCC(F)(F)F.CCC(C)(CCC(C)(Cl)C(=O)OCCO)C(=O)OCC(F)(F)F.CCC(C)(CCC(C)(Cl)C(=O)OCCO[Si](C)(C)C)C(=O)OCC(F)(F)F.CCOC(=O)C(C)(C)Br.C[Si](C)(C)C.FC(F)(F)COC(F)(F)F.FCC(F)(F)F.O=C(F)Cl. The van der Waals surface area contributed by atoms with Gasteiger partial charge in [-0.15, -0.1) is 52.4 Å². The lowest BCUT2D eigenvalue weighted by Gasteiger charge is -2.36. The highest BCUT2D eigenvalue weighted by atomic mass is 79.9. The number of alkyl halides is 23. The predicted molar refractivity (Wildman–Crippen MR) is 498 cm³/mol. The summed E-state index contributed by atoms with van der Waals surface area (Å²) >= 11 is 35.1. The van der Waals surface area contributed by atoms with Crippen LogP contribution in [0.2, 0.25) is 45.8 Å². The number of aliphatic hydroxyl groups excluding tert-OH is 2. The van der Waals surface area contributed by atoms with Crippen molar-refractivity contribution < 1.29 is 203 Å². The van der Waals surface area contributed by atoms with Crippen molar-refractivity contribution in [3.63, 3.8) is 0 Å². The summed E-state index contributed by atoms with van der Waals surface area (Å²) in [6.45, 7) is 32.2. The van der Waals surface area contributed by atoms with Crippen LogP contribution in [-0.4, -0.2) is 246 Å². The highest BCUT2D eigenvalue weighted by Crippen LogP contribution is 2.44. The Morgan fingerprint density at radius 3 is 0.770 bits per heavy atom. The van der Waals surface area contributed by atoms with Gasteiger partial charge in [0.15, 0.2) is 41.4 Å². The summed E-state index contributed by atoms with van der Waals surface area (Å²) < 4.78 is 278. The van der Waals surface area contributed by atoms with E-state index in [0.29, 0.717) is 6.61 Å². The van der Waals surface area contributed by atoms with Crippen molar-refractivity contribution in [1.82, 2.24) is 0 Å². The number of hydrogen-bond donors (Lipinski definition) is 2. The summed E-state index contributed by atoms with van der Waals surface area (Å²) in [6, 6.07) is 0. The molecule has 0 amide bonds. The molecule has 2 N–H and O–H groups in total. The lowest BCUT2D eigenvalue weighted by molar-refractivity contribution is -0.352. The molecule has 53 heteroatoms. The van der Waals surface area contributed by atoms with Crippen LogP contribution in [0.25, 0.3) is 0 Å². The normalized spacial score (nSPS) is 13.9. The Hall–Kier alpha value is -4.18. The smallest absolute Gasteiger partial charge is 0.465 e. The first kappa shape index (κ1) is 176. The number of halogens is 27. The second-order valence-corrected chi connectivity index (χ2v) is 46.9. The Balaban J connectivity index is -0.0000000704. The van der Waals surface area contributed by atoms with Gasteiger partial charge in [-0.05, 0) is 188 Å². The van der Waals surface area contributed by atoms with E-state index in [4.69, 9.17) is 82.7 Å². The predicted octanol–water partition coefficient (Wildman–Crippen LogP) is 27.2. The highest BCUT2D eigenvalue weighted by Gasteiger charge is 2.49. The zero-order chi connectivity index (χ0) is 104. The van der Waals surface area contributed by atoms with Crippen LogP contribution in [0.1, 0.15) is 241 Å². The first-order valence-corrected chi connectivity index (χ1v) is 48.1. The van der Waals surface area contributed by atoms with E-state index in [1.54, 1.807) is 41.5 Å². The molecule has 0 radical (unpaired) electrons. The van der Waals surface area contributed by atoms with E-state index in [1.807, 2.05) is 33.5 Å². The highest BCUT2D eigenvalue weighted by molar-refractivity contribution is 9.10. The van der Waals surface area contributed by atoms with Gasteiger partial charge in [0.25, 0.3) is 0 Å². The van der Waals surface area contributed by atoms with Crippen molar-refractivity contribution >= 4 is 166 Å². The van der Waals surface area contributed by atoms with E-state index in [-0.39, 0.29) is 186 Å². The van der Waals surface area contributed by atoms with Gasteiger partial charge in [0.05, 0.1) is 54.7 Å². The summed E-state index contributed by atoms with van der Waals surface area (Å²) in [5, 5.41) is 16.9. The van der Waals surface area contributed by atoms with E-state index < -0.39 is 181 Å². The maximum Gasteiger partial charge on any atom is 0.522 e. The molecule has 0 spiro atoms. The summed E-state index contributed by atoms with van der Waals surface area (Å²) in [7, 11) is -0.898. The fraction of sp³-hybridized carbons (Fsp3) is 0.866. The molecule has 826 valence electrons. The van der Waals surface area contributed by atoms with E-state index >= 15 is 0 Å². The molecule has 0 aromatic carbocycles. The number of aliphatic hydroxyl groups is 2. The maximum absolute atomic E-state index is 12.8. The number of carbonyl (C=O) groups excluding carboxylic acids is 11. The molecule has 0 fully saturated rings. The fourth-order valence-electron chi connectivity index (χ4n) is 7.15. The summed E-state index contributed by atoms with van der Waals surface area (Å²) in [5.74, 6) is -6.24. The second kappa shape index (κ2) is 84.3. The molecule has 7 atom stereocenters. The maximum atomic E-state index is 12.8. The van der Waals surface area contributed by atoms with Crippen LogP contribution >= 0.6 is 85.5 Å². The summed E-state index contributed by atoms with van der Waals surface area (Å²) in [4.78, 5) is 119. The van der Waals surface area contributed by atoms with Crippen LogP contribution < -0.4 is 0 Å². The lowest BCUT2D eigenvalue weighted by Crippen LogP contribution is -2.43. The first-order valence-electron chi connectivity index (χ1n) is 37.7. The quantitative estimate of drug-likeness (QED) is 0.0110. The minimum Gasteiger partial charge on any atom is -0.465 e. The molecule has 0 rings (SSSR count). The first-order chi connectivity index (χ1) is 56.4. The molecule has 7 unspecified atom stereocenters. The van der Waals surface area contributed by atoms with E-state index in [2.05, 4.69) is 95.9 Å². The Kier molecular flexibility index (Phi) is 110. The van der Waals surface area contributed by atoms with Gasteiger partial charge in [0.1, 0.15) is 45.4 Å². The molecular formula is C82H157BrCl6F20O24Si2. The monoisotopic (exact) mass is 2250 g/mol. The van der Waals surface area contributed by atoms with Gasteiger partial charge < -0.3 is 57.3 Å². The molecule has 0 saturated carbocycles. The van der Waals surface area contributed by atoms with Crippen molar-refractivity contribution in [2.24, 2.45) is 21.7 Å². The molecule has 0 aliphatic carbocycles. The third-order valence-electron chi connectivity index (χ3n) is 14.3. The Bertz CT molecular complexity index is 3020. The van der Waals surface area contributed by atoms with Gasteiger partial charge in [-0.1, -0.05) is 136 Å². The van der Waals surface area contributed by atoms with Crippen LogP contribution in [0, 0.1) is 21.7 Å². The Labute approximate surface area is 828 Å². The second-order valence-electron chi connectivity index (χ2n) is 30.5. The van der Waals surface area contributed by atoms with Gasteiger partial charge in [-0.2, -0.15) is 65.9 Å². The van der Waals surface area contributed by atoms with Crippen molar-refractivity contribution in [3.8, 4) is 0 Å². The molecular weight excluding hydrogens is 2100 g/mol. The molecule has 0 bridgehead atoms. The van der Waals surface area contributed by atoms with Gasteiger partial charge in [-0.3, -0.25) is 52.7 Å². The van der Waals surface area contributed by atoms with Gasteiger partial charge in [-0.25, -0.2) is 9.18 Å². The zero-order valence-corrected chi connectivity index (χ0v) is 83.7. The molecule has 135 heavy (non-hydrogen) atoms. The fourth-order valence-corrected chi connectivity index (χ4v) is 8.61. The molecule has 0 aromatic heterocycles. The Morgan fingerprint density at radius 2 is 0.578 bits per heavy atom. The van der Waals surface area contributed by atoms with Crippen LogP contribution in [0.5, 0.6) is 0 Å². The third-order valence-corrected chi connectivity index (χ3v) is 16.6. The molecule has 0 aliphatic rings. The van der Waals surface area contributed by atoms with E-state index in [1.165, 1.54) is 69.4 Å². The number of carbonyl (C=O) groups is 11. The van der Waals surface area contributed by atoms with Crippen LogP contribution in [-0.2, 0) is 99.7 Å². The van der Waals surface area contributed by atoms with Gasteiger partial charge >= 0.3 is 90.5 Å². The molecule has 24 nitrogen and oxygen atoms in total. The minimum absolute atomic E-state index is 0. The number of ether oxygens (including phenoxy) is 10. The van der Waals surface area contributed by atoms with E-state index in [0.717, 1.165) is 0 Å². The third kappa shape index (κ3) is 122. The van der Waals surface area contributed by atoms with Gasteiger partial charge in [0, 0.05) is 29.0 Å². The van der Waals surface area contributed by atoms with Crippen LogP contribution in [0.15, 0.2) is 0 Å². The summed E-state index contributed by atoms with van der Waals surface area (Å²) in [5.41, 5.74) is -6.99. The van der Waals surface area contributed by atoms with Crippen molar-refractivity contribution in [1.29, 1.82) is 0 Å². The van der Waals surface area contributed by atoms with Gasteiger partial charge in [0.2, 0.25) is 10.5 Å². The molecule has 0 heterocycles. The van der Waals surface area contributed by atoms with Crippen molar-refractivity contribution in [3.05, 3.63) is 0 Å². The molecule has 0 aliphatic heterocycles. The van der Waals surface area contributed by atoms with Crippen molar-refractivity contribution in [2.75, 3.05) is 99.7 Å². The zero-order valence-electron chi connectivity index (χ0n) is 75.6. The minimum atomic E-state index is -5.21. The average Bonchev–Trinajstić information content (AvgIpc) is 0.798. The largest absolute Gasteiger partial charge is 0.522 e. The number of esters is 8. The summed E-state index contributed by atoms with van der Waals surface area (Å²) in [6.07, 6.45) is -28.2. The Morgan fingerprint density at radius 1 is 0.356 bits per heavy atom. The lowest BCUT2D eigenvalue weighted by atomic mass is 9.72. The number of methoxy groups -OCH3 is 1. The van der Waals surface area contributed by atoms with Crippen LogP contribution in [0.3, 0.4) is 0 Å². The van der Waals surface area contributed by atoms with E-state index in [9.17, 15) is 136 Å². The molecule has 0 saturated heterocycles. The topological polar surface area (TPSA) is 330 Å². The number of rotatable bonds is 38. The average molecular weight is 2260 g/mol. The molecule has 0 aromatic rings. The number of hydrogen-bond acceptors (Lipinski definition) is 24.